The first kappa shape index (κ1) is 38.4. The predicted molar refractivity (Wildman–Crippen MR) is 202 cm³/mol. The minimum absolute atomic E-state index is 0.291. The molecule has 0 bridgehead atoms. The molecule has 2 aliphatic carbocycles. The zero-order valence-electron chi connectivity index (χ0n) is 32.0. The molecule has 270 valence electrons. The van der Waals surface area contributed by atoms with Gasteiger partial charge in [-0.15, -0.1) is 0 Å². The summed E-state index contributed by atoms with van der Waals surface area (Å²) in [6.07, 6.45) is 15.9. The van der Waals surface area contributed by atoms with Gasteiger partial charge in [0.1, 0.15) is 36.2 Å². The van der Waals surface area contributed by atoms with Gasteiger partial charge in [0.15, 0.2) is 0 Å². The highest BCUT2D eigenvalue weighted by atomic mass is 16.5. The minimum atomic E-state index is 0.291. The molecule has 0 radical (unpaired) electrons. The van der Waals surface area contributed by atoms with E-state index in [4.69, 9.17) is 9.47 Å². The molecule has 2 saturated carbocycles. The Kier molecular flexibility index (Phi) is 14.9. The number of benzene rings is 2. The molecule has 4 heteroatoms. The maximum Gasteiger partial charge on any atom is 0.126 e. The SMILES string of the molecule is CCCCCc1cc(O)c([C@@H]2C[C@H](C)CC[C@H]2C(C)C)c(OCCOc2cc(CCCCC)cc(O)c2[C@@H]2C[C@@H](C)CC[C@H]2C(C)C)c1. The van der Waals surface area contributed by atoms with Gasteiger partial charge in [-0.25, -0.2) is 0 Å². The zero-order chi connectivity index (χ0) is 34.8. The van der Waals surface area contributed by atoms with Crippen LogP contribution in [0.15, 0.2) is 24.3 Å². The fourth-order valence-corrected chi connectivity index (χ4v) is 9.14. The van der Waals surface area contributed by atoms with Gasteiger partial charge >= 0.3 is 0 Å². The van der Waals surface area contributed by atoms with Gasteiger partial charge < -0.3 is 19.7 Å². The molecule has 6 atom stereocenters. The third-order valence-electron chi connectivity index (χ3n) is 11.9. The van der Waals surface area contributed by atoms with Crippen LogP contribution in [0.5, 0.6) is 23.0 Å². The molecule has 2 aromatic rings. The topological polar surface area (TPSA) is 58.9 Å². The average molecular weight is 663 g/mol. The van der Waals surface area contributed by atoms with Crippen molar-refractivity contribution in [1.29, 1.82) is 0 Å². The predicted octanol–water partition coefficient (Wildman–Crippen LogP) is 12.4. The van der Waals surface area contributed by atoms with E-state index < -0.39 is 0 Å². The van der Waals surface area contributed by atoms with E-state index in [0.29, 0.717) is 72.1 Å². The lowest BCUT2D eigenvalue weighted by Crippen LogP contribution is -2.27. The van der Waals surface area contributed by atoms with Crippen molar-refractivity contribution in [2.45, 2.75) is 157 Å². The van der Waals surface area contributed by atoms with Crippen LogP contribution < -0.4 is 9.47 Å². The Morgan fingerprint density at radius 1 is 0.604 bits per heavy atom. The van der Waals surface area contributed by atoms with Gasteiger partial charge in [-0.1, -0.05) is 93.9 Å². The third-order valence-corrected chi connectivity index (χ3v) is 11.9. The molecule has 0 saturated heterocycles. The number of phenolic OH excluding ortho intramolecular Hbond substituents is 2. The number of hydrogen-bond donors (Lipinski definition) is 2. The molecule has 4 nitrogen and oxygen atoms in total. The lowest BCUT2D eigenvalue weighted by molar-refractivity contribution is 0.176. The number of ether oxygens (including phenoxy) is 2. The molecule has 0 unspecified atom stereocenters. The number of unbranched alkanes of at least 4 members (excludes halogenated alkanes) is 4. The second kappa shape index (κ2) is 18.6. The Morgan fingerprint density at radius 3 is 1.35 bits per heavy atom. The molecule has 0 aliphatic heterocycles. The van der Waals surface area contributed by atoms with E-state index in [2.05, 4.69) is 67.5 Å². The first-order valence-electron chi connectivity index (χ1n) is 20.0. The van der Waals surface area contributed by atoms with Gasteiger partial charge in [0.25, 0.3) is 0 Å². The quantitative estimate of drug-likeness (QED) is 0.166. The Morgan fingerprint density at radius 2 is 1.00 bits per heavy atom. The third kappa shape index (κ3) is 10.1. The van der Waals surface area contributed by atoms with Gasteiger partial charge in [0.2, 0.25) is 0 Å². The van der Waals surface area contributed by atoms with E-state index in [0.717, 1.165) is 72.3 Å². The van der Waals surface area contributed by atoms with Gasteiger partial charge in [0, 0.05) is 11.1 Å². The summed E-state index contributed by atoms with van der Waals surface area (Å²) in [6, 6.07) is 8.45. The fraction of sp³-hybridized carbons (Fsp3) is 0.727. The Bertz CT molecular complexity index is 1170. The van der Waals surface area contributed by atoms with Crippen molar-refractivity contribution < 1.29 is 19.7 Å². The highest BCUT2D eigenvalue weighted by Crippen LogP contribution is 2.51. The Labute approximate surface area is 294 Å². The van der Waals surface area contributed by atoms with Crippen LogP contribution in [-0.4, -0.2) is 23.4 Å². The largest absolute Gasteiger partial charge is 0.508 e. The van der Waals surface area contributed by atoms with E-state index in [1.807, 2.05) is 12.1 Å². The number of phenols is 2. The molecule has 48 heavy (non-hydrogen) atoms. The van der Waals surface area contributed by atoms with Crippen molar-refractivity contribution in [3.05, 3.63) is 46.5 Å². The Hall–Kier alpha value is -2.36. The normalized spacial score (nSPS) is 24.7. The van der Waals surface area contributed by atoms with Crippen LogP contribution in [0.1, 0.15) is 167 Å². The second-order valence-corrected chi connectivity index (χ2v) is 16.5. The molecule has 4 rings (SSSR count). The van der Waals surface area contributed by atoms with Crippen molar-refractivity contribution >= 4 is 0 Å². The summed E-state index contributed by atoms with van der Waals surface area (Å²) in [4.78, 5) is 0. The van der Waals surface area contributed by atoms with E-state index in [-0.39, 0.29) is 0 Å². The Balaban J connectivity index is 1.61. The molecule has 0 heterocycles. The van der Waals surface area contributed by atoms with Crippen LogP contribution in [-0.2, 0) is 12.8 Å². The molecular formula is C44H70O4. The molecule has 0 aromatic heterocycles. The van der Waals surface area contributed by atoms with E-state index >= 15 is 0 Å². The van der Waals surface area contributed by atoms with Gasteiger partial charge in [-0.2, -0.15) is 0 Å². The van der Waals surface area contributed by atoms with Crippen LogP contribution in [0, 0.1) is 35.5 Å². The highest BCUT2D eigenvalue weighted by Gasteiger charge is 2.37. The van der Waals surface area contributed by atoms with Crippen LogP contribution >= 0.6 is 0 Å². The number of aromatic hydroxyl groups is 2. The van der Waals surface area contributed by atoms with Gasteiger partial charge in [0.05, 0.1) is 0 Å². The molecule has 2 aliphatic rings. The van der Waals surface area contributed by atoms with Crippen LogP contribution in [0.3, 0.4) is 0 Å². The van der Waals surface area contributed by atoms with E-state index in [1.165, 1.54) is 51.4 Å². The summed E-state index contributed by atoms with van der Waals surface area (Å²) >= 11 is 0. The highest BCUT2D eigenvalue weighted by molar-refractivity contribution is 5.51. The number of hydrogen-bond acceptors (Lipinski definition) is 4. The smallest absolute Gasteiger partial charge is 0.126 e. The molecule has 2 fully saturated rings. The number of aryl methyl sites for hydroxylation is 2. The second-order valence-electron chi connectivity index (χ2n) is 16.5. The van der Waals surface area contributed by atoms with E-state index in [9.17, 15) is 10.2 Å². The first-order valence-corrected chi connectivity index (χ1v) is 20.0. The maximum absolute atomic E-state index is 11.6. The minimum Gasteiger partial charge on any atom is -0.508 e. The summed E-state index contributed by atoms with van der Waals surface area (Å²) in [5.41, 5.74) is 4.32. The summed E-state index contributed by atoms with van der Waals surface area (Å²) in [5.74, 6) is 6.51. The lowest BCUT2D eigenvalue weighted by atomic mass is 9.67. The average Bonchev–Trinajstić information content (AvgIpc) is 3.02. The monoisotopic (exact) mass is 663 g/mol. The van der Waals surface area contributed by atoms with Crippen molar-refractivity contribution in [3.8, 4) is 23.0 Å². The molecule has 0 spiro atoms. The fourth-order valence-electron chi connectivity index (χ4n) is 9.14. The lowest BCUT2D eigenvalue weighted by Gasteiger charge is -2.39. The molecular weight excluding hydrogens is 592 g/mol. The summed E-state index contributed by atoms with van der Waals surface area (Å²) < 4.78 is 13.3. The maximum atomic E-state index is 11.6. The van der Waals surface area contributed by atoms with Gasteiger partial charge in [-0.05, 0) is 134 Å². The van der Waals surface area contributed by atoms with E-state index in [1.54, 1.807) is 0 Å². The van der Waals surface area contributed by atoms with Crippen molar-refractivity contribution in [2.24, 2.45) is 35.5 Å². The molecule has 2 N–H and O–H groups in total. The summed E-state index contributed by atoms with van der Waals surface area (Å²) in [6.45, 7) is 19.3. The van der Waals surface area contributed by atoms with Crippen molar-refractivity contribution in [3.63, 3.8) is 0 Å². The van der Waals surface area contributed by atoms with Crippen LogP contribution in [0.2, 0.25) is 0 Å². The molecule has 2 aromatic carbocycles. The van der Waals surface area contributed by atoms with Crippen molar-refractivity contribution in [1.82, 2.24) is 0 Å². The van der Waals surface area contributed by atoms with Crippen molar-refractivity contribution in [2.75, 3.05) is 13.2 Å². The van der Waals surface area contributed by atoms with Crippen LogP contribution in [0.4, 0.5) is 0 Å². The summed E-state index contributed by atoms with van der Waals surface area (Å²) in [7, 11) is 0. The summed E-state index contributed by atoms with van der Waals surface area (Å²) in [5, 5.41) is 23.2. The molecule has 0 amide bonds. The zero-order valence-corrected chi connectivity index (χ0v) is 32.0. The van der Waals surface area contributed by atoms with Crippen LogP contribution in [0.25, 0.3) is 0 Å². The number of rotatable bonds is 17. The first-order chi connectivity index (χ1) is 23.0. The standard InChI is InChI=1S/C44H70O4/c1-9-11-13-15-33-25-39(45)43(37-23-31(7)17-19-35(37)29(3)4)41(27-33)47-21-22-48-42-28-34(16-14-12-10-2)26-40(46)44(42)38-24-32(8)18-20-36(38)30(5)6/h25-32,35-38,45-46H,9-24H2,1-8H3/t31-,32+,35-,36-,37+,38+/m0/s1. The van der Waals surface area contributed by atoms with Gasteiger partial charge in [-0.3, -0.25) is 0 Å².